The Morgan fingerprint density at radius 1 is 1.31 bits per heavy atom. The Morgan fingerprint density at radius 2 is 2.06 bits per heavy atom. The normalized spacial score (nSPS) is 10.9. The van der Waals surface area contributed by atoms with Crippen LogP contribution in [-0.4, -0.2) is 11.2 Å². The second kappa shape index (κ2) is 3.89. The molecule has 1 N–H and O–H groups in total. The highest BCUT2D eigenvalue weighted by molar-refractivity contribution is 5.80. The number of aromatic hydroxyl groups is 1. The summed E-state index contributed by atoms with van der Waals surface area (Å²) in [7, 11) is 0. The van der Waals surface area contributed by atoms with Crippen molar-refractivity contribution in [3.63, 3.8) is 0 Å². The van der Waals surface area contributed by atoms with Gasteiger partial charge in [0.15, 0.2) is 11.5 Å². The van der Waals surface area contributed by atoms with Crippen molar-refractivity contribution >= 4 is 11.0 Å². The fourth-order valence-electron chi connectivity index (χ4n) is 1.43. The van der Waals surface area contributed by atoms with Crippen LogP contribution < -0.4 is 10.4 Å². The van der Waals surface area contributed by atoms with Gasteiger partial charge in [0, 0.05) is 17.5 Å². The van der Waals surface area contributed by atoms with Gasteiger partial charge in [0.2, 0.25) is 0 Å². The minimum absolute atomic E-state index is 0.0286. The van der Waals surface area contributed by atoms with Gasteiger partial charge in [-0.2, -0.15) is 0 Å². The fraction of sp³-hybridized carbons (Fsp3) is 0.250. The first-order chi connectivity index (χ1) is 7.56. The van der Waals surface area contributed by atoms with Crippen molar-refractivity contribution in [3.8, 4) is 11.5 Å². The topological polar surface area (TPSA) is 59.7 Å². The van der Waals surface area contributed by atoms with Crippen molar-refractivity contribution in [2.75, 3.05) is 0 Å². The Hall–Kier alpha value is -1.97. The standard InChI is InChI=1S/C12H12O4/c1-7(2)15-11-5-8-3-4-12(14)16-10(8)6-9(11)13/h3-7,13H,1-2H3. The van der Waals surface area contributed by atoms with Crippen LogP contribution in [0.25, 0.3) is 11.0 Å². The summed E-state index contributed by atoms with van der Waals surface area (Å²) in [5.41, 5.74) is -0.0921. The van der Waals surface area contributed by atoms with E-state index in [1.807, 2.05) is 13.8 Å². The van der Waals surface area contributed by atoms with E-state index in [0.29, 0.717) is 16.7 Å². The second-order valence-corrected chi connectivity index (χ2v) is 3.78. The van der Waals surface area contributed by atoms with Gasteiger partial charge < -0.3 is 14.3 Å². The average molecular weight is 220 g/mol. The minimum atomic E-state index is -0.440. The van der Waals surface area contributed by atoms with Crippen LogP contribution in [0.4, 0.5) is 0 Å². The van der Waals surface area contributed by atoms with Gasteiger partial charge in [-0.15, -0.1) is 0 Å². The third-order valence-corrected chi connectivity index (χ3v) is 2.06. The summed E-state index contributed by atoms with van der Waals surface area (Å²) in [5, 5.41) is 10.4. The monoisotopic (exact) mass is 220 g/mol. The molecule has 4 nitrogen and oxygen atoms in total. The maximum absolute atomic E-state index is 11.0. The molecule has 0 amide bonds. The third-order valence-electron chi connectivity index (χ3n) is 2.06. The van der Waals surface area contributed by atoms with Crippen LogP contribution in [-0.2, 0) is 0 Å². The van der Waals surface area contributed by atoms with Crippen molar-refractivity contribution in [1.82, 2.24) is 0 Å². The predicted molar refractivity (Wildman–Crippen MR) is 59.9 cm³/mol. The summed E-state index contributed by atoms with van der Waals surface area (Å²) < 4.78 is 10.3. The molecule has 1 heterocycles. The number of benzene rings is 1. The van der Waals surface area contributed by atoms with E-state index >= 15 is 0 Å². The van der Waals surface area contributed by atoms with E-state index in [1.54, 1.807) is 12.1 Å². The van der Waals surface area contributed by atoms with E-state index in [9.17, 15) is 9.90 Å². The van der Waals surface area contributed by atoms with Crippen LogP contribution in [0.15, 0.2) is 33.5 Å². The van der Waals surface area contributed by atoms with E-state index < -0.39 is 5.63 Å². The smallest absolute Gasteiger partial charge is 0.336 e. The van der Waals surface area contributed by atoms with Gasteiger partial charge in [-0.3, -0.25) is 0 Å². The molecule has 84 valence electrons. The quantitative estimate of drug-likeness (QED) is 0.789. The number of fused-ring (bicyclic) bond motifs is 1. The molecule has 0 saturated carbocycles. The molecule has 0 aliphatic carbocycles. The molecular formula is C12H12O4. The summed E-state index contributed by atoms with van der Waals surface area (Å²) in [6.45, 7) is 3.74. The number of hydrogen-bond acceptors (Lipinski definition) is 4. The Balaban J connectivity index is 2.58. The number of phenolic OH excluding ortho intramolecular Hbond substituents is 1. The summed E-state index contributed by atoms with van der Waals surface area (Å²) in [6, 6.07) is 5.99. The fourth-order valence-corrected chi connectivity index (χ4v) is 1.43. The largest absolute Gasteiger partial charge is 0.504 e. The van der Waals surface area contributed by atoms with Crippen LogP contribution in [0.3, 0.4) is 0 Å². The molecule has 0 bridgehead atoms. The van der Waals surface area contributed by atoms with E-state index in [-0.39, 0.29) is 11.9 Å². The van der Waals surface area contributed by atoms with Crippen molar-refractivity contribution in [2.24, 2.45) is 0 Å². The molecule has 1 aromatic heterocycles. The van der Waals surface area contributed by atoms with Crippen LogP contribution in [0.5, 0.6) is 11.5 Å². The highest BCUT2D eigenvalue weighted by Gasteiger charge is 2.08. The summed E-state index contributed by atoms with van der Waals surface area (Å²) >= 11 is 0. The Bertz CT molecular complexity index is 569. The molecule has 0 fully saturated rings. The molecule has 0 aliphatic rings. The van der Waals surface area contributed by atoms with Gasteiger partial charge in [-0.05, 0) is 26.0 Å². The van der Waals surface area contributed by atoms with E-state index in [4.69, 9.17) is 9.15 Å². The molecule has 1 aromatic carbocycles. The number of phenols is 1. The SMILES string of the molecule is CC(C)Oc1cc2ccc(=O)oc2cc1O. The van der Waals surface area contributed by atoms with E-state index in [2.05, 4.69) is 0 Å². The maximum Gasteiger partial charge on any atom is 0.336 e. The predicted octanol–water partition coefficient (Wildman–Crippen LogP) is 2.29. The van der Waals surface area contributed by atoms with Crippen molar-refractivity contribution in [3.05, 3.63) is 34.7 Å². The zero-order chi connectivity index (χ0) is 11.7. The average Bonchev–Trinajstić information content (AvgIpc) is 2.19. The number of rotatable bonds is 2. The lowest BCUT2D eigenvalue weighted by Gasteiger charge is -2.11. The highest BCUT2D eigenvalue weighted by atomic mass is 16.5. The zero-order valence-electron chi connectivity index (χ0n) is 9.06. The maximum atomic E-state index is 11.0. The molecule has 0 atom stereocenters. The van der Waals surface area contributed by atoms with Crippen molar-refractivity contribution in [2.45, 2.75) is 20.0 Å². The minimum Gasteiger partial charge on any atom is -0.504 e. The van der Waals surface area contributed by atoms with Gasteiger partial charge in [0.05, 0.1) is 6.10 Å². The lowest BCUT2D eigenvalue weighted by atomic mass is 10.2. The van der Waals surface area contributed by atoms with Gasteiger partial charge in [0.25, 0.3) is 0 Å². The lowest BCUT2D eigenvalue weighted by molar-refractivity contribution is 0.232. The first-order valence-corrected chi connectivity index (χ1v) is 5.00. The molecule has 16 heavy (non-hydrogen) atoms. The van der Waals surface area contributed by atoms with Crippen LogP contribution in [0.1, 0.15) is 13.8 Å². The zero-order valence-corrected chi connectivity index (χ0v) is 9.06. The molecule has 2 aromatic rings. The first-order valence-electron chi connectivity index (χ1n) is 5.00. The van der Waals surface area contributed by atoms with E-state index in [1.165, 1.54) is 12.1 Å². The van der Waals surface area contributed by atoms with Crippen molar-refractivity contribution in [1.29, 1.82) is 0 Å². The molecular weight excluding hydrogens is 208 g/mol. The van der Waals surface area contributed by atoms with Gasteiger partial charge >= 0.3 is 5.63 Å². The lowest BCUT2D eigenvalue weighted by Crippen LogP contribution is -2.05. The Kier molecular flexibility index (Phi) is 2.56. The van der Waals surface area contributed by atoms with Gasteiger partial charge in [-0.25, -0.2) is 4.79 Å². The second-order valence-electron chi connectivity index (χ2n) is 3.78. The van der Waals surface area contributed by atoms with E-state index in [0.717, 1.165) is 0 Å². The number of ether oxygens (including phenoxy) is 1. The molecule has 0 spiro atoms. The first kappa shape index (κ1) is 10.5. The highest BCUT2D eigenvalue weighted by Crippen LogP contribution is 2.31. The van der Waals surface area contributed by atoms with Gasteiger partial charge in [-0.1, -0.05) is 0 Å². The van der Waals surface area contributed by atoms with Gasteiger partial charge in [0.1, 0.15) is 5.58 Å². The molecule has 0 saturated heterocycles. The molecule has 0 aliphatic heterocycles. The summed E-state index contributed by atoms with van der Waals surface area (Å²) in [6.07, 6.45) is -0.0286. The molecule has 2 rings (SSSR count). The molecule has 0 unspecified atom stereocenters. The third kappa shape index (κ3) is 2.00. The number of hydrogen-bond donors (Lipinski definition) is 1. The van der Waals surface area contributed by atoms with Crippen LogP contribution in [0, 0.1) is 0 Å². The van der Waals surface area contributed by atoms with Crippen molar-refractivity contribution < 1.29 is 14.3 Å². The Morgan fingerprint density at radius 3 is 2.75 bits per heavy atom. The van der Waals surface area contributed by atoms with Crippen LogP contribution >= 0.6 is 0 Å². The summed E-state index contributed by atoms with van der Waals surface area (Å²) in [5.74, 6) is 0.354. The molecule has 0 radical (unpaired) electrons. The van der Waals surface area contributed by atoms with Crippen LogP contribution in [0.2, 0.25) is 0 Å². The Labute approximate surface area is 92.1 Å². The summed E-state index contributed by atoms with van der Waals surface area (Å²) in [4.78, 5) is 11.0. The molecule has 4 heteroatoms.